The van der Waals surface area contributed by atoms with Gasteiger partial charge in [0.1, 0.15) is 11.6 Å². The second kappa shape index (κ2) is 11.1. The van der Waals surface area contributed by atoms with Gasteiger partial charge in [0, 0.05) is 23.5 Å². The summed E-state index contributed by atoms with van der Waals surface area (Å²) in [4.78, 5) is 62.3. The number of para-hydroxylation sites is 1. The molecule has 2 aromatic rings. The number of benzene rings is 2. The zero-order valence-corrected chi connectivity index (χ0v) is 22.3. The fourth-order valence-electron chi connectivity index (χ4n) is 4.74. The van der Waals surface area contributed by atoms with Gasteiger partial charge in [-0.3, -0.25) is 14.4 Å². The van der Waals surface area contributed by atoms with E-state index in [2.05, 4.69) is 21.3 Å². The Bertz CT molecular complexity index is 1320. The van der Waals surface area contributed by atoms with E-state index in [4.69, 9.17) is 9.47 Å². The highest BCUT2D eigenvalue weighted by Crippen LogP contribution is 2.38. The van der Waals surface area contributed by atoms with Crippen molar-refractivity contribution in [3.8, 4) is 0 Å². The first-order chi connectivity index (χ1) is 18.4. The van der Waals surface area contributed by atoms with E-state index < -0.39 is 29.6 Å². The lowest BCUT2D eigenvalue weighted by molar-refractivity contribution is -0.143. The second-order valence-electron chi connectivity index (χ2n) is 10.5. The van der Waals surface area contributed by atoms with Crippen LogP contribution in [0, 0.1) is 0 Å². The van der Waals surface area contributed by atoms with Crippen LogP contribution in [-0.2, 0) is 28.7 Å². The lowest BCUT2D eigenvalue weighted by Crippen LogP contribution is -2.45. The Morgan fingerprint density at radius 1 is 0.949 bits per heavy atom. The highest BCUT2D eigenvalue weighted by Gasteiger charge is 2.37. The molecule has 39 heavy (non-hydrogen) atoms. The molecule has 2 aliphatic heterocycles. The van der Waals surface area contributed by atoms with Gasteiger partial charge >= 0.3 is 12.1 Å². The van der Waals surface area contributed by atoms with E-state index in [1.807, 2.05) is 24.3 Å². The number of methoxy groups -OCH3 is 1. The third-order valence-corrected chi connectivity index (χ3v) is 6.51. The first kappa shape index (κ1) is 27.6. The Hall–Kier alpha value is -4.41. The zero-order chi connectivity index (χ0) is 28.3. The van der Waals surface area contributed by atoms with Crippen LogP contribution in [-0.4, -0.2) is 48.5 Å². The third-order valence-electron chi connectivity index (χ3n) is 6.51. The molecule has 11 heteroatoms. The number of amides is 4. The van der Waals surface area contributed by atoms with Crippen LogP contribution >= 0.6 is 0 Å². The van der Waals surface area contributed by atoms with E-state index in [-0.39, 0.29) is 36.5 Å². The summed E-state index contributed by atoms with van der Waals surface area (Å²) >= 11 is 0. The molecule has 4 amide bonds. The van der Waals surface area contributed by atoms with Crippen molar-refractivity contribution >= 4 is 46.8 Å². The van der Waals surface area contributed by atoms with E-state index in [9.17, 15) is 24.0 Å². The van der Waals surface area contributed by atoms with Crippen molar-refractivity contribution in [2.45, 2.75) is 63.5 Å². The third kappa shape index (κ3) is 6.54. The van der Waals surface area contributed by atoms with Gasteiger partial charge in [0.15, 0.2) is 0 Å². The number of anilines is 3. The number of nitrogens with one attached hydrogen (secondary N) is 4. The monoisotopic (exact) mass is 536 g/mol. The van der Waals surface area contributed by atoms with Crippen LogP contribution < -0.4 is 21.3 Å². The van der Waals surface area contributed by atoms with Crippen molar-refractivity contribution in [3.63, 3.8) is 0 Å². The van der Waals surface area contributed by atoms with Crippen molar-refractivity contribution in [2.24, 2.45) is 0 Å². The largest absolute Gasteiger partial charge is 0.467 e. The van der Waals surface area contributed by atoms with Crippen molar-refractivity contribution in [1.82, 2.24) is 5.32 Å². The predicted molar refractivity (Wildman–Crippen MR) is 143 cm³/mol. The molecule has 4 rings (SSSR count). The summed E-state index contributed by atoms with van der Waals surface area (Å²) in [6, 6.07) is 11.3. The molecule has 0 spiro atoms. The van der Waals surface area contributed by atoms with Crippen molar-refractivity contribution in [3.05, 3.63) is 53.6 Å². The maximum Gasteiger partial charge on any atom is 0.408 e. The summed E-state index contributed by atoms with van der Waals surface area (Å²) in [5.74, 6) is -2.56. The van der Waals surface area contributed by atoms with Crippen LogP contribution in [0.2, 0.25) is 0 Å². The minimum Gasteiger partial charge on any atom is -0.467 e. The minimum atomic E-state index is -1.11. The number of carbonyl (C=O) groups is 5. The Morgan fingerprint density at radius 2 is 1.62 bits per heavy atom. The van der Waals surface area contributed by atoms with Crippen LogP contribution in [0.5, 0.6) is 0 Å². The number of fused-ring (bicyclic) bond motifs is 2. The Kier molecular flexibility index (Phi) is 7.89. The van der Waals surface area contributed by atoms with Crippen LogP contribution in [0.15, 0.2) is 42.5 Å². The predicted octanol–water partition coefficient (Wildman–Crippen LogP) is 3.63. The van der Waals surface area contributed by atoms with Crippen molar-refractivity contribution < 1.29 is 33.4 Å². The Morgan fingerprint density at radius 3 is 2.33 bits per heavy atom. The molecular weight excluding hydrogens is 504 g/mol. The average molecular weight is 537 g/mol. The van der Waals surface area contributed by atoms with E-state index >= 15 is 0 Å². The van der Waals surface area contributed by atoms with Crippen molar-refractivity contribution in [2.75, 3.05) is 23.1 Å². The van der Waals surface area contributed by atoms with Crippen LogP contribution in [0.4, 0.5) is 21.9 Å². The van der Waals surface area contributed by atoms with Gasteiger partial charge in [0.05, 0.1) is 18.9 Å². The highest BCUT2D eigenvalue weighted by molar-refractivity contribution is 6.05. The van der Waals surface area contributed by atoms with Gasteiger partial charge in [0.2, 0.25) is 17.7 Å². The van der Waals surface area contributed by atoms with Crippen LogP contribution in [0.25, 0.3) is 0 Å². The fraction of sp³-hybridized carbons (Fsp3) is 0.393. The molecular formula is C28H32N4O7. The van der Waals surface area contributed by atoms with Gasteiger partial charge < -0.3 is 30.7 Å². The number of alkyl carbamates (subject to hydrolysis) is 1. The smallest absolute Gasteiger partial charge is 0.408 e. The number of esters is 1. The molecule has 4 N–H and O–H groups in total. The molecule has 3 atom stereocenters. The maximum atomic E-state index is 12.8. The standard InChI is InChI=1S/C28H32N4O7/c1-28(2,3)39-27(37)32-22(26(36)38-4)14-19-17-10-9-15(13-21(17)31-25(19)35)29-23(33)12-11-18-16-7-5-6-8-20(16)30-24(18)34/h5-10,13,18-19,22H,11-12,14H2,1-4H3,(H,29,33)(H,30,34)(H,31,35)(H,32,37)/t18?,19?,22-/m0/s1. The summed E-state index contributed by atoms with van der Waals surface area (Å²) < 4.78 is 10.0. The van der Waals surface area contributed by atoms with Gasteiger partial charge in [-0.1, -0.05) is 24.3 Å². The molecule has 2 unspecified atom stereocenters. The normalized spacial score (nSPS) is 18.3. The molecule has 2 heterocycles. The first-order valence-corrected chi connectivity index (χ1v) is 12.7. The van der Waals surface area contributed by atoms with E-state index in [0.29, 0.717) is 23.4 Å². The van der Waals surface area contributed by atoms with Crippen LogP contribution in [0.3, 0.4) is 0 Å². The Balaban J connectivity index is 1.38. The molecule has 2 aromatic carbocycles. The number of hydrogen-bond donors (Lipinski definition) is 4. The SMILES string of the molecule is COC(=O)[C@H](CC1C(=O)Nc2cc(NC(=O)CCC3C(=O)Nc4ccccc43)ccc21)NC(=O)OC(C)(C)C. The summed E-state index contributed by atoms with van der Waals surface area (Å²) in [6.07, 6.45) is -0.345. The molecule has 0 fully saturated rings. The molecule has 0 aromatic heterocycles. The van der Waals surface area contributed by atoms with Gasteiger partial charge in [-0.05, 0) is 62.9 Å². The molecule has 11 nitrogen and oxygen atoms in total. The highest BCUT2D eigenvalue weighted by atomic mass is 16.6. The van der Waals surface area contributed by atoms with Gasteiger partial charge in [-0.2, -0.15) is 0 Å². The molecule has 0 radical (unpaired) electrons. The number of rotatable bonds is 8. The van der Waals surface area contributed by atoms with Gasteiger partial charge in [0.25, 0.3) is 0 Å². The number of ether oxygens (including phenoxy) is 2. The molecule has 2 aliphatic rings. The van der Waals surface area contributed by atoms with Gasteiger partial charge in [-0.15, -0.1) is 0 Å². The molecule has 0 saturated carbocycles. The number of hydrogen-bond acceptors (Lipinski definition) is 7. The minimum absolute atomic E-state index is 0.0403. The molecule has 0 aliphatic carbocycles. The molecule has 0 bridgehead atoms. The molecule has 0 saturated heterocycles. The van der Waals surface area contributed by atoms with E-state index in [1.165, 1.54) is 7.11 Å². The fourth-order valence-corrected chi connectivity index (χ4v) is 4.74. The summed E-state index contributed by atoms with van der Waals surface area (Å²) in [7, 11) is 1.20. The summed E-state index contributed by atoms with van der Waals surface area (Å²) in [5.41, 5.74) is 2.48. The van der Waals surface area contributed by atoms with Crippen LogP contribution in [0.1, 0.15) is 63.0 Å². The average Bonchev–Trinajstić information content (AvgIpc) is 3.35. The lowest BCUT2D eigenvalue weighted by Gasteiger charge is -2.23. The quantitative estimate of drug-likeness (QED) is 0.376. The van der Waals surface area contributed by atoms with Gasteiger partial charge in [-0.25, -0.2) is 9.59 Å². The topological polar surface area (TPSA) is 152 Å². The first-order valence-electron chi connectivity index (χ1n) is 12.7. The van der Waals surface area contributed by atoms with Crippen molar-refractivity contribution in [1.29, 1.82) is 0 Å². The summed E-state index contributed by atoms with van der Waals surface area (Å²) in [6.45, 7) is 5.09. The second-order valence-corrected chi connectivity index (χ2v) is 10.5. The lowest BCUT2D eigenvalue weighted by atomic mass is 9.93. The van der Waals surface area contributed by atoms with E-state index in [0.717, 1.165) is 11.3 Å². The zero-order valence-electron chi connectivity index (χ0n) is 22.3. The Labute approximate surface area is 226 Å². The number of carbonyl (C=O) groups excluding carboxylic acids is 5. The van der Waals surface area contributed by atoms with E-state index in [1.54, 1.807) is 39.0 Å². The molecule has 206 valence electrons. The maximum absolute atomic E-state index is 12.8. The summed E-state index contributed by atoms with van der Waals surface area (Å²) in [5, 5.41) is 10.9.